The number of halogens is 1. The lowest BCUT2D eigenvalue weighted by atomic mass is 9.92. The maximum absolute atomic E-state index is 6.34. The van der Waals surface area contributed by atoms with Crippen LogP contribution in [-0.2, 0) is 6.54 Å². The third-order valence-corrected chi connectivity index (χ3v) is 4.43. The zero-order valence-electron chi connectivity index (χ0n) is 12.1. The van der Waals surface area contributed by atoms with Crippen LogP contribution in [0.3, 0.4) is 0 Å². The molecule has 1 aliphatic heterocycles. The van der Waals surface area contributed by atoms with Gasteiger partial charge in [0.25, 0.3) is 0 Å². The number of nitrogens with zero attached hydrogens (tertiary/aromatic N) is 1. The Labute approximate surface area is 122 Å². The molecule has 0 aliphatic carbocycles. The van der Waals surface area contributed by atoms with E-state index in [4.69, 9.17) is 11.6 Å². The minimum atomic E-state index is 0.831. The SMILES string of the molecule is CCCC1CCN(c2ccc(CNC)c(Cl)c2)CC1. The van der Waals surface area contributed by atoms with Gasteiger partial charge in [0.1, 0.15) is 0 Å². The van der Waals surface area contributed by atoms with E-state index in [1.165, 1.54) is 50.0 Å². The van der Waals surface area contributed by atoms with E-state index in [2.05, 4.69) is 35.3 Å². The Morgan fingerprint density at radius 2 is 2.05 bits per heavy atom. The number of anilines is 1. The van der Waals surface area contributed by atoms with Crippen LogP contribution in [0.15, 0.2) is 18.2 Å². The second-order valence-electron chi connectivity index (χ2n) is 5.53. The van der Waals surface area contributed by atoms with E-state index in [9.17, 15) is 0 Å². The molecule has 1 fully saturated rings. The molecule has 0 spiro atoms. The van der Waals surface area contributed by atoms with Gasteiger partial charge in [0.05, 0.1) is 0 Å². The minimum absolute atomic E-state index is 0.831. The molecule has 0 unspecified atom stereocenters. The topological polar surface area (TPSA) is 15.3 Å². The largest absolute Gasteiger partial charge is 0.371 e. The second-order valence-corrected chi connectivity index (χ2v) is 5.93. The monoisotopic (exact) mass is 280 g/mol. The van der Waals surface area contributed by atoms with Crippen LogP contribution in [0.2, 0.25) is 5.02 Å². The summed E-state index contributed by atoms with van der Waals surface area (Å²) in [5, 5.41) is 4.02. The van der Waals surface area contributed by atoms with Crippen molar-refractivity contribution in [2.24, 2.45) is 5.92 Å². The van der Waals surface area contributed by atoms with Crippen molar-refractivity contribution < 1.29 is 0 Å². The molecule has 19 heavy (non-hydrogen) atoms. The van der Waals surface area contributed by atoms with Crippen molar-refractivity contribution in [2.45, 2.75) is 39.2 Å². The van der Waals surface area contributed by atoms with Crippen LogP contribution in [0, 0.1) is 5.92 Å². The highest BCUT2D eigenvalue weighted by molar-refractivity contribution is 6.31. The van der Waals surface area contributed by atoms with E-state index >= 15 is 0 Å². The molecule has 1 N–H and O–H groups in total. The second kappa shape index (κ2) is 7.16. The van der Waals surface area contributed by atoms with Gasteiger partial charge >= 0.3 is 0 Å². The van der Waals surface area contributed by atoms with Crippen molar-refractivity contribution in [2.75, 3.05) is 25.0 Å². The molecule has 1 aromatic carbocycles. The van der Waals surface area contributed by atoms with E-state index in [0.717, 1.165) is 17.5 Å². The van der Waals surface area contributed by atoms with Crippen LogP contribution in [0.25, 0.3) is 0 Å². The summed E-state index contributed by atoms with van der Waals surface area (Å²) in [6, 6.07) is 6.47. The fraction of sp³-hybridized carbons (Fsp3) is 0.625. The summed E-state index contributed by atoms with van der Waals surface area (Å²) in [6.45, 7) is 5.46. The number of rotatable bonds is 5. The predicted molar refractivity (Wildman–Crippen MR) is 84.1 cm³/mol. The van der Waals surface area contributed by atoms with Crippen LogP contribution >= 0.6 is 11.6 Å². The average molecular weight is 281 g/mol. The number of benzene rings is 1. The Balaban J connectivity index is 1.97. The van der Waals surface area contributed by atoms with Gasteiger partial charge in [-0.1, -0.05) is 37.4 Å². The third-order valence-electron chi connectivity index (χ3n) is 4.08. The Hall–Kier alpha value is -0.730. The molecule has 0 amide bonds. The molecular weight excluding hydrogens is 256 g/mol. The Kier molecular flexibility index (Phi) is 5.53. The standard InChI is InChI=1S/C16H25ClN2/c1-3-4-13-7-9-19(10-8-13)15-6-5-14(12-18-2)16(17)11-15/h5-6,11,13,18H,3-4,7-10,12H2,1-2H3. The van der Waals surface area contributed by atoms with Gasteiger partial charge in [-0.25, -0.2) is 0 Å². The first-order chi connectivity index (χ1) is 9.24. The summed E-state index contributed by atoms with van der Waals surface area (Å²) in [6.07, 6.45) is 5.35. The van der Waals surface area contributed by atoms with E-state index in [1.54, 1.807) is 0 Å². The maximum atomic E-state index is 6.34. The molecule has 2 rings (SSSR count). The fourth-order valence-corrected chi connectivity index (χ4v) is 3.20. The van der Waals surface area contributed by atoms with Crippen molar-refractivity contribution in [3.8, 4) is 0 Å². The normalized spacial score (nSPS) is 16.9. The summed E-state index contributed by atoms with van der Waals surface area (Å²) < 4.78 is 0. The van der Waals surface area contributed by atoms with E-state index in [-0.39, 0.29) is 0 Å². The van der Waals surface area contributed by atoms with Gasteiger partial charge < -0.3 is 10.2 Å². The van der Waals surface area contributed by atoms with Gasteiger partial charge in [-0.05, 0) is 43.5 Å². The number of hydrogen-bond acceptors (Lipinski definition) is 2. The van der Waals surface area contributed by atoms with Gasteiger partial charge in [-0.15, -0.1) is 0 Å². The van der Waals surface area contributed by atoms with Gasteiger partial charge in [-0.3, -0.25) is 0 Å². The molecule has 0 atom stereocenters. The van der Waals surface area contributed by atoms with Crippen molar-refractivity contribution in [1.29, 1.82) is 0 Å². The van der Waals surface area contributed by atoms with Crippen LogP contribution < -0.4 is 10.2 Å². The first-order valence-electron chi connectivity index (χ1n) is 7.42. The summed E-state index contributed by atoms with van der Waals surface area (Å²) >= 11 is 6.34. The molecule has 106 valence electrons. The van der Waals surface area contributed by atoms with Crippen LogP contribution in [0.1, 0.15) is 38.2 Å². The first kappa shape index (κ1) is 14.7. The quantitative estimate of drug-likeness (QED) is 0.874. The van der Waals surface area contributed by atoms with E-state index in [0.29, 0.717) is 0 Å². The zero-order valence-corrected chi connectivity index (χ0v) is 12.8. The van der Waals surface area contributed by atoms with Crippen molar-refractivity contribution in [3.05, 3.63) is 28.8 Å². The van der Waals surface area contributed by atoms with Gasteiger partial charge in [0.15, 0.2) is 0 Å². The lowest BCUT2D eigenvalue weighted by molar-refractivity contribution is 0.378. The predicted octanol–water partition coefficient (Wildman–Crippen LogP) is 4.08. The molecule has 3 heteroatoms. The molecule has 1 saturated heterocycles. The molecule has 0 bridgehead atoms. The highest BCUT2D eigenvalue weighted by Gasteiger charge is 2.19. The van der Waals surface area contributed by atoms with Crippen LogP contribution in [-0.4, -0.2) is 20.1 Å². The molecule has 0 radical (unpaired) electrons. The maximum Gasteiger partial charge on any atom is 0.0471 e. The van der Waals surface area contributed by atoms with Gasteiger partial charge in [0.2, 0.25) is 0 Å². The number of piperidine rings is 1. The summed E-state index contributed by atoms with van der Waals surface area (Å²) in [7, 11) is 1.95. The molecular formula is C16H25ClN2. The molecule has 0 aromatic heterocycles. The molecule has 1 heterocycles. The van der Waals surface area contributed by atoms with Crippen LogP contribution in [0.5, 0.6) is 0 Å². The summed E-state index contributed by atoms with van der Waals surface area (Å²) in [5.41, 5.74) is 2.45. The van der Waals surface area contributed by atoms with Crippen molar-refractivity contribution in [3.63, 3.8) is 0 Å². The molecule has 2 nitrogen and oxygen atoms in total. The molecule has 1 aliphatic rings. The highest BCUT2D eigenvalue weighted by Crippen LogP contribution is 2.29. The smallest absolute Gasteiger partial charge is 0.0471 e. The van der Waals surface area contributed by atoms with Crippen LogP contribution in [0.4, 0.5) is 5.69 Å². The Bertz CT molecular complexity index is 398. The van der Waals surface area contributed by atoms with Crippen molar-refractivity contribution in [1.82, 2.24) is 5.32 Å². The average Bonchev–Trinajstić information content (AvgIpc) is 2.43. The minimum Gasteiger partial charge on any atom is -0.371 e. The molecule has 0 saturated carbocycles. The zero-order chi connectivity index (χ0) is 13.7. The summed E-state index contributed by atoms with van der Waals surface area (Å²) in [5.74, 6) is 0.931. The van der Waals surface area contributed by atoms with Crippen molar-refractivity contribution >= 4 is 17.3 Å². The van der Waals surface area contributed by atoms with E-state index < -0.39 is 0 Å². The fourth-order valence-electron chi connectivity index (χ4n) is 2.95. The lowest BCUT2D eigenvalue weighted by Crippen LogP contribution is -2.33. The van der Waals surface area contributed by atoms with Gasteiger partial charge in [-0.2, -0.15) is 0 Å². The summed E-state index contributed by atoms with van der Waals surface area (Å²) in [4.78, 5) is 2.47. The third kappa shape index (κ3) is 3.87. The lowest BCUT2D eigenvalue weighted by Gasteiger charge is -2.33. The van der Waals surface area contributed by atoms with Gasteiger partial charge in [0, 0.05) is 30.3 Å². The number of nitrogens with one attached hydrogen (secondary N) is 1. The Morgan fingerprint density at radius 3 is 2.63 bits per heavy atom. The Morgan fingerprint density at radius 1 is 1.32 bits per heavy atom. The first-order valence-corrected chi connectivity index (χ1v) is 7.80. The number of hydrogen-bond donors (Lipinski definition) is 1. The highest BCUT2D eigenvalue weighted by atomic mass is 35.5. The molecule has 1 aromatic rings. The van der Waals surface area contributed by atoms with E-state index in [1.807, 2.05) is 7.05 Å².